The first kappa shape index (κ1) is 13.4. The van der Waals surface area contributed by atoms with Gasteiger partial charge in [0.15, 0.2) is 0 Å². The van der Waals surface area contributed by atoms with Gasteiger partial charge in [-0.2, -0.15) is 13.2 Å². The zero-order valence-electron chi connectivity index (χ0n) is 9.91. The van der Waals surface area contributed by atoms with Gasteiger partial charge in [0.2, 0.25) is 0 Å². The van der Waals surface area contributed by atoms with Crippen molar-refractivity contribution in [3.05, 3.63) is 35.5 Å². The Morgan fingerprint density at radius 2 is 2.11 bits per heavy atom. The summed E-state index contributed by atoms with van der Waals surface area (Å²) in [6.45, 7) is 0. The first-order valence-electron chi connectivity index (χ1n) is 5.37. The van der Waals surface area contributed by atoms with Crippen LogP contribution >= 0.6 is 0 Å². The van der Waals surface area contributed by atoms with Gasteiger partial charge in [-0.3, -0.25) is 0 Å². The van der Waals surface area contributed by atoms with Gasteiger partial charge < -0.3 is 15.5 Å². The highest BCUT2D eigenvalue weighted by atomic mass is 19.4. The minimum absolute atomic E-state index is 0.0932. The second kappa shape index (κ2) is 4.58. The van der Waals surface area contributed by atoms with Crippen LogP contribution in [0.1, 0.15) is 17.3 Å². The number of nitrogens with one attached hydrogen (secondary N) is 1. The van der Waals surface area contributed by atoms with E-state index in [1.54, 1.807) is 0 Å². The molecule has 2 aromatic rings. The number of H-pyrrole nitrogens is 1. The minimum atomic E-state index is -4.48. The third-order valence-electron chi connectivity index (χ3n) is 2.77. The highest BCUT2D eigenvalue weighted by Crippen LogP contribution is 2.35. The van der Waals surface area contributed by atoms with Crippen LogP contribution in [-0.2, 0) is 15.7 Å². The second-order valence-electron chi connectivity index (χ2n) is 3.99. The molecule has 0 bridgehead atoms. The summed E-state index contributed by atoms with van der Waals surface area (Å²) in [5, 5.41) is 0.337. The van der Waals surface area contributed by atoms with E-state index in [0.29, 0.717) is 5.39 Å². The fraction of sp³-hybridized carbons (Fsp3) is 0.250. The van der Waals surface area contributed by atoms with Gasteiger partial charge in [-0.25, -0.2) is 4.79 Å². The fourth-order valence-corrected chi connectivity index (χ4v) is 1.84. The van der Waals surface area contributed by atoms with Gasteiger partial charge in [-0.05, 0) is 12.1 Å². The molecule has 0 amide bonds. The highest BCUT2D eigenvalue weighted by Gasteiger charge is 2.33. The Balaban J connectivity index is 2.55. The van der Waals surface area contributed by atoms with E-state index >= 15 is 0 Å². The molecule has 1 aromatic heterocycles. The van der Waals surface area contributed by atoms with Crippen molar-refractivity contribution in [3.8, 4) is 0 Å². The maximum atomic E-state index is 12.8. The van der Waals surface area contributed by atoms with Crippen molar-refractivity contribution in [3.63, 3.8) is 0 Å². The van der Waals surface area contributed by atoms with E-state index in [-0.39, 0.29) is 11.2 Å². The molecule has 0 spiro atoms. The van der Waals surface area contributed by atoms with Gasteiger partial charge in [0.05, 0.1) is 18.2 Å². The van der Waals surface area contributed by atoms with Gasteiger partial charge in [0, 0.05) is 11.1 Å². The lowest BCUT2D eigenvalue weighted by molar-refractivity contribution is -0.142. The summed E-state index contributed by atoms with van der Waals surface area (Å²) in [6.07, 6.45) is -4.48. The van der Waals surface area contributed by atoms with Crippen LogP contribution in [0.25, 0.3) is 10.9 Å². The highest BCUT2D eigenvalue weighted by molar-refractivity contribution is 5.86. The lowest BCUT2D eigenvalue weighted by atomic mass is 10.1. The van der Waals surface area contributed by atoms with Crippen molar-refractivity contribution in [2.75, 3.05) is 7.11 Å². The molecular formula is C12H11F3N2O2. The Morgan fingerprint density at radius 3 is 2.68 bits per heavy atom. The first-order valence-corrected chi connectivity index (χ1v) is 5.37. The smallest absolute Gasteiger partial charge is 0.418 e. The van der Waals surface area contributed by atoms with Crippen molar-refractivity contribution in [2.45, 2.75) is 12.2 Å². The number of ether oxygens (including phenoxy) is 1. The van der Waals surface area contributed by atoms with E-state index in [9.17, 15) is 18.0 Å². The number of carbonyl (C=O) groups excluding carboxylic acids is 1. The van der Waals surface area contributed by atoms with E-state index < -0.39 is 23.8 Å². The molecular weight excluding hydrogens is 261 g/mol. The minimum Gasteiger partial charge on any atom is -0.468 e. The maximum absolute atomic E-state index is 12.8. The number of aromatic amines is 1. The number of rotatable bonds is 2. The zero-order valence-corrected chi connectivity index (χ0v) is 9.91. The number of alkyl halides is 3. The molecule has 7 heteroatoms. The van der Waals surface area contributed by atoms with Crippen molar-refractivity contribution >= 4 is 16.9 Å². The SMILES string of the molecule is COC(=O)C(N)c1cc2cccc(C(F)(F)F)c2[nH]1. The lowest BCUT2D eigenvalue weighted by Crippen LogP contribution is -2.22. The predicted molar refractivity (Wildman–Crippen MR) is 62.2 cm³/mol. The summed E-state index contributed by atoms with van der Waals surface area (Å²) in [5.74, 6) is -0.722. The molecule has 0 saturated heterocycles. The number of benzene rings is 1. The molecule has 0 aliphatic heterocycles. The number of halogens is 3. The van der Waals surface area contributed by atoms with E-state index in [1.807, 2.05) is 0 Å². The summed E-state index contributed by atoms with van der Waals surface area (Å²) in [5.41, 5.74) is 4.87. The molecule has 0 saturated carbocycles. The topological polar surface area (TPSA) is 68.1 Å². The van der Waals surface area contributed by atoms with Crippen LogP contribution in [0.3, 0.4) is 0 Å². The van der Waals surface area contributed by atoms with Crippen molar-refractivity contribution in [2.24, 2.45) is 5.73 Å². The zero-order chi connectivity index (χ0) is 14.2. The summed E-state index contributed by atoms with van der Waals surface area (Å²) < 4.78 is 42.9. The third kappa shape index (κ3) is 2.41. The maximum Gasteiger partial charge on any atom is 0.418 e. The van der Waals surface area contributed by atoms with Crippen molar-refractivity contribution < 1.29 is 22.7 Å². The first-order chi connectivity index (χ1) is 8.84. The van der Waals surface area contributed by atoms with Gasteiger partial charge in [0.25, 0.3) is 0 Å². The van der Waals surface area contributed by atoms with Crippen LogP contribution in [0.2, 0.25) is 0 Å². The Labute approximate surface area is 106 Å². The van der Waals surface area contributed by atoms with Crippen molar-refractivity contribution in [1.82, 2.24) is 4.98 Å². The van der Waals surface area contributed by atoms with E-state index in [1.165, 1.54) is 18.2 Å². The molecule has 0 aliphatic rings. The van der Waals surface area contributed by atoms with Crippen LogP contribution in [0.5, 0.6) is 0 Å². The number of nitrogens with two attached hydrogens (primary N) is 1. The monoisotopic (exact) mass is 272 g/mol. The van der Waals surface area contributed by atoms with Crippen molar-refractivity contribution in [1.29, 1.82) is 0 Å². The second-order valence-corrected chi connectivity index (χ2v) is 3.99. The summed E-state index contributed by atoms with van der Waals surface area (Å²) >= 11 is 0. The number of fused-ring (bicyclic) bond motifs is 1. The van der Waals surface area contributed by atoms with Gasteiger partial charge in [-0.15, -0.1) is 0 Å². The standard InChI is InChI=1S/C12H11F3N2O2/c1-19-11(18)9(16)8-5-6-3-2-4-7(10(6)17-8)12(13,14)15/h2-5,9,17H,16H2,1H3. The van der Waals surface area contributed by atoms with Crippen LogP contribution < -0.4 is 5.73 Å². The number of hydrogen-bond acceptors (Lipinski definition) is 3. The average Bonchev–Trinajstić information content (AvgIpc) is 2.78. The summed E-state index contributed by atoms with van der Waals surface area (Å²) in [6, 6.07) is 4.04. The molecule has 0 aliphatic carbocycles. The Bertz CT molecular complexity index is 619. The van der Waals surface area contributed by atoms with Crippen LogP contribution in [0, 0.1) is 0 Å². The predicted octanol–water partition coefficient (Wildman–Crippen LogP) is 2.36. The molecule has 19 heavy (non-hydrogen) atoms. The number of aromatic nitrogens is 1. The Morgan fingerprint density at radius 1 is 1.42 bits per heavy atom. The quantitative estimate of drug-likeness (QED) is 0.825. The van der Waals surface area contributed by atoms with Crippen LogP contribution in [-0.4, -0.2) is 18.1 Å². The molecule has 2 rings (SSSR count). The molecule has 102 valence electrons. The van der Waals surface area contributed by atoms with Crippen LogP contribution in [0.15, 0.2) is 24.3 Å². The molecule has 0 radical (unpaired) electrons. The number of methoxy groups -OCH3 is 1. The van der Waals surface area contributed by atoms with E-state index in [0.717, 1.165) is 13.2 Å². The average molecular weight is 272 g/mol. The molecule has 3 N–H and O–H groups in total. The Hall–Kier alpha value is -2.02. The van der Waals surface area contributed by atoms with E-state index in [4.69, 9.17) is 5.73 Å². The largest absolute Gasteiger partial charge is 0.468 e. The number of para-hydroxylation sites is 1. The molecule has 0 fully saturated rings. The molecule has 1 atom stereocenters. The van der Waals surface area contributed by atoms with Gasteiger partial charge >= 0.3 is 12.1 Å². The number of carbonyl (C=O) groups is 1. The third-order valence-corrected chi connectivity index (χ3v) is 2.77. The van der Waals surface area contributed by atoms with Crippen LogP contribution in [0.4, 0.5) is 13.2 Å². The normalized spacial score (nSPS) is 13.5. The molecule has 1 unspecified atom stereocenters. The summed E-state index contributed by atoms with van der Waals surface area (Å²) in [7, 11) is 1.16. The lowest BCUT2D eigenvalue weighted by Gasteiger charge is -2.08. The van der Waals surface area contributed by atoms with E-state index in [2.05, 4.69) is 9.72 Å². The van der Waals surface area contributed by atoms with Gasteiger partial charge in [-0.1, -0.05) is 12.1 Å². The molecule has 1 aromatic carbocycles. The number of esters is 1. The molecule has 4 nitrogen and oxygen atoms in total. The van der Waals surface area contributed by atoms with Gasteiger partial charge in [0.1, 0.15) is 6.04 Å². The number of hydrogen-bond donors (Lipinski definition) is 2. The summed E-state index contributed by atoms with van der Waals surface area (Å²) in [4.78, 5) is 13.8. The molecule has 1 heterocycles. The Kier molecular flexibility index (Phi) is 3.23. The fourth-order valence-electron chi connectivity index (χ4n) is 1.84.